The third-order valence-corrected chi connectivity index (χ3v) is 6.71. The Balaban J connectivity index is 1.78. The van der Waals surface area contributed by atoms with Crippen molar-refractivity contribution in [3.05, 3.63) is 33.9 Å². The van der Waals surface area contributed by atoms with Crippen LogP contribution >= 0.6 is 0 Å². The van der Waals surface area contributed by atoms with Crippen LogP contribution in [0.1, 0.15) is 30.1 Å². The number of hydrogen-bond donors (Lipinski definition) is 0. The standard InChI is InChI=1S/C18H26N4O5S/c1-14-4-3-7-20(13-14)16-6-5-15(12-17(16)22(24)25)18(23)19-8-10-21(11-9-19)28(2,26)27/h5-6,12,14H,3-4,7-11,13H2,1-2H3. The lowest BCUT2D eigenvalue weighted by Gasteiger charge is -2.34. The molecule has 0 N–H and O–H groups in total. The van der Waals surface area contributed by atoms with Gasteiger partial charge in [-0.05, 0) is 30.9 Å². The molecule has 3 rings (SSSR count). The number of rotatable bonds is 4. The fraction of sp³-hybridized carbons (Fsp3) is 0.611. The smallest absolute Gasteiger partial charge is 0.293 e. The van der Waals surface area contributed by atoms with E-state index >= 15 is 0 Å². The SMILES string of the molecule is CC1CCCN(c2ccc(C(=O)N3CCN(S(C)(=O)=O)CC3)cc2[N+](=O)[O-])C1. The molecule has 0 bridgehead atoms. The molecule has 0 aromatic heterocycles. The van der Waals surface area contributed by atoms with Crippen LogP contribution in [0.15, 0.2) is 18.2 Å². The van der Waals surface area contributed by atoms with Crippen molar-refractivity contribution in [2.24, 2.45) is 5.92 Å². The summed E-state index contributed by atoms with van der Waals surface area (Å²) in [4.78, 5) is 27.6. The number of benzene rings is 1. The maximum atomic E-state index is 12.8. The number of sulfonamides is 1. The molecule has 0 radical (unpaired) electrons. The lowest BCUT2D eigenvalue weighted by molar-refractivity contribution is -0.384. The molecule has 9 nitrogen and oxygen atoms in total. The molecule has 1 amide bonds. The second-order valence-corrected chi connectivity index (χ2v) is 9.59. The van der Waals surface area contributed by atoms with Gasteiger partial charge in [0.1, 0.15) is 5.69 Å². The van der Waals surface area contributed by atoms with Crippen LogP contribution in [0.25, 0.3) is 0 Å². The van der Waals surface area contributed by atoms with Gasteiger partial charge in [-0.2, -0.15) is 4.31 Å². The molecule has 0 spiro atoms. The summed E-state index contributed by atoms with van der Waals surface area (Å²) < 4.78 is 24.5. The van der Waals surface area contributed by atoms with Crippen LogP contribution in [0.2, 0.25) is 0 Å². The van der Waals surface area contributed by atoms with Gasteiger partial charge in [0.15, 0.2) is 0 Å². The number of carbonyl (C=O) groups excluding carboxylic acids is 1. The number of hydrogen-bond acceptors (Lipinski definition) is 6. The fourth-order valence-corrected chi connectivity index (χ4v) is 4.71. The molecule has 1 aromatic rings. The number of nitro benzene ring substituents is 1. The molecule has 2 saturated heterocycles. The number of anilines is 1. The van der Waals surface area contributed by atoms with E-state index in [0.717, 1.165) is 32.2 Å². The van der Waals surface area contributed by atoms with Crippen LogP contribution in [0.4, 0.5) is 11.4 Å². The van der Waals surface area contributed by atoms with Gasteiger partial charge in [-0.15, -0.1) is 0 Å². The van der Waals surface area contributed by atoms with Crippen LogP contribution in [0, 0.1) is 16.0 Å². The largest absolute Gasteiger partial charge is 0.366 e. The molecular formula is C18H26N4O5S. The Morgan fingerprint density at radius 2 is 1.86 bits per heavy atom. The van der Waals surface area contributed by atoms with Gasteiger partial charge < -0.3 is 9.80 Å². The number of nitrogens with zero attached hydrogens (tertiary/aromatic N) is 4. The molecule has 1 aromatic carbocycles. The first-order valence-electron chi connectivity index (χ1n) is 9.44. The number of amides is 1. The first-order valence-corrected chi connectivity index (χ1v) is 11.3. The second kappa shape index (κ2) is 8.04. The Hall–Kier alpha value is -2.20. The highest BCUT2D eigenvalue weighted by molar-refractivity contribution is 7.88. The van der Waals surface area contributed by atoms with Crippen molar-refractivity contribution in [3.63, 3.8) is 0 Å². The molecule has 0 aliphatic carbocycles. The molecule has 0 saturated carbocycles. The van der Waals surface area contributed by atoms with Crippen molar-refractivity contribution < 1.29 is 18.1 Å². The number of nitro groups is 1. The Kier molecular flexibility index (Phi) is 5.90. The summed E-state index contributed by atoms with van der Waals surface area (Å²) in [6.07, 6.45) is 3.25. The van der Waals surface area contributed by atoms with Gasteiger partial charge in [0, 0.05) is 50.9 Å². The summed E-state index contributed by atoms with van der Waals surface area (Å²) in [6, 6.07) is 4.64. The highest BCUT2D eigenvalue weighted by Crippen LogP contribution is 2.32. The zero-order valence-electron chi connectivity index (χ0n) is 16.2. The van der Waals surface area contributed by atoms with Gasteiger partial charge in [-0.1, -0.05) is 6.92 Å². The van der Waals surface area contributed by atoms with E-state index < -0.39 is 14.9 Å². The summed E-state index contributed by atoms with van der Waals surface area (Å²) in [6.45, 7) is 4.67. The van der Waals surface area contributed by atoms with E-state index in [1.54, 1.807) is 17.0 Å². The number of piperazine rings is 1. The van der Waals surface area contributed by atoms with Crippen molar-refractivity contribution >= 4 is 27.3 Å². The summed E-state index contributed by atoms with van der Waals surface area (Å²) in [7, 11) is -3.28. The Bertz CT molecular complexity index is 865. The maximum absolute atomic E-state index is 12.8. The maximum Gasteiger partial charge on any atom is 0.293 e. The Morgan fingerprint density at radius 3 is 2.43 bits per heavy atom. The van der Waals surface area contributed by atoms with Crippen molar-refractivity contribution in [3.8, 4) is 0 Å². The molecule has 2 fully saturated rings. The second-order valence-electron chi connectivity index (χ2n) is 7.61. The third kappa shape index (κ3) is 4.44. The van der Waals surface area contributed by atoms with Crippen LogP contribution < -0.4 is 4.90 Å². The number of carbonyl (C=O) groups is 1. The Labute approximate surface area is 165 Å². The van der Waals surface area contributed by atoms with Crippen LogP contribution in [-0.2, 0) is 10.0 Å². The normalized spacial score (nSPS) is 21.6. The predicted octanol–water partition coefficient (Wildman–Crippen LogP) is 1.55. The van der Waals surface area contributed by atoms with Crippen molar-refractivity contribution in [1.29, 1.82) is 0 Å². The minimum absolute atomic E-state index is 0.0604. The molecule has 1 unspecified atom stereocenters. The number of piperidine rings is 1. The van der Waals surface area contributed by atoms with E-state index in [9.17, 15) is 23.3 Å². The van der Waals surface area contributed by atoms with Crippen molar-refractivity contribution in [2.75, 3.05) is 50.4 Å². The van der Waals surface area contributed by atoms with Crippen LogP contribution in [-0.4, -0.2) is 74.0 Å². The molecule has 10 heteroatoms. The van der Waals surface area contributed by atoms with Gasteiger partial charge in [0.25, 0.3) is 11.6 Å². The van der Waals surface area contributed by atoms with Gasteiger partial charge >= 0.3 is 0 Å². The van der Waals surface area contributed by atoms with E-state index in [1.165, 1.54) is 10.4 Å². The lowest BCUT2D eigenvalue weighted by atomic mass is 9.99. The van der Waals surface area contributed by atoms with Gasteiger partial charge in [-0.25, -0.2) is 8.42 Å². The first kappa shape index (κ1) is 20.5. The highest BCUT2D eigenvalue weighted by atomic mass is 32.2. The minimum atomic E-state index is -3.28. The van der Waals surface area contributed by atoms with E-state index in [2.05, 4.69) is 6.92 Å². The fourth-order valence-electron chi connectivity index (χ4n) is 3.88. The minimum Gasteiger partial charge on any atom is -0.366 e. The zero-order valence-corrected chi connectivity index (χ0v) is 17.0. The average molecular weight is 410 g/mol. The van der Waals surface area contributed by atoms with Gasteiger partial charge in [-0.3, -0.25) is 14.9 Å². The third-order valence-electron chi connectivity index (χ3n) is 5.41. The molecule has 2 aliphatic rings. The van der Waals surface area contributed by atoms with E-state index in [-0.39, 0.29) is 43.3 Å². The van der Waals surface area contributed by atoms with E-state index in [4.69, 9.17) is 0 Å². The Morgan fingerprint density at radius 1 is 1.18 bits per heavy atom. The monoisotopic (exact) mass is 410 g/mol. The average Bonchev–Trinajstić information content (AvgIpc) is 2.66. The molecule has 28 heavy (non-hydrogen) atoms. The van der Waals surface area contributed by atoms with E-state index in [1.807, 2.05) is 4.90 Å². The summed E-state index contributed by atoms with van der Waals surface area (Å²) in [5.74, 6) is 0.163. The molecule has 2 aliphatic heterocycles. The molecule has 2 heterocycles. The van der Waals surface area contributed by atoms with E-state index in [0.29, 0.717) is 11.6 Å². The topological polar surface area (TPSA) is 104 Å². The van der Waals surface area contributed by atoms with Crippen molar-refractivity contribution in [1.82, 2.24) is 9.21 Å². The van der Waals surface area contributed by atoms with Gasteiger partial charge in [0.05, 0.1) is 11.2 Å². The van der Waals surface area contributed by atoms with Crippen LogP contribution in [0.5, 0.6) is 0 Å². The quantitative estimate of drug-likeness (QED) is 0.551. The molecular weight excluding hydrogens is 384 g/mol. The lowest BCUT2D eigenvalue weighted by Crippen LogP contribution is -2.50. The van der Waals surface area contributed by atoms with Crippen LogP contribution in [0.3, 0.4) is 0 Å². The zero-order chi connectivity index (χ0) is 20.5. The van der Waals surface area contributed by atoms with Gasteiger partial charge in [0.2, 0.25) is 10.0 Å². The summed E-state index contributed by atoms with van der Waals surface area (Å²) >= 11 is 0. The first-order chi connectivity index (χ1) is 13.2. The summed E-state index contributed by atoms with van der Waals surface area (Å²) in [5.41, 5.74) is 0.748. The highest BCUT2D eigenvalue weighted by Gasteiger charge is 2.29. The van der Waals surface area contributed by atoms with Crippen molar-refractivity contribution in [2.45, 2.75) is 19.8 Å². The summed E-state index contributed by atoms with van der Waals surface area (Å²) in [5, 5.41) is 11.6. The predicted molar refractivity (Wildman–Crippen MR) is 106 cm³/mol. The molecule has 154 valence electrons. The molecule has 1 atom stereocenters.